The van der Waals surface area contributed by atoms with E-state index in [1.54, 1.807) is 0 Å². The largest absolute Gasteiger partial charge is 0.309 e. The van der Waals surface area contributed by atoms with Crippen molar-refractivity contribution in [2.24, 2.45) is 0 Å². The summed E-state index contributed by atoms with van der Waals surface area (Å²) < 4.78 is 4.58. The minimum Gasteiger partial charge on any atom is -0.309 e. The van der Waals surface area contributed by atoms with E-state index >= 15 is 0 Å². The van der Waals surface area contributed by atoms with E-state index in [0.717, 1.165) is 33.2 Å². The van der Waals surface area contributed by atoms with Crippen LogP contribution in [0.1, 0.15) is 0 Å². The van der Waals surface area contributed by atoms with E-state index in [2.05, 4.69) is 112 Å². The van der Waals surface area contributed by atoms with Gasteiger partial charge in [-0.05, 0) is 47.2 Å². The first-order chi connectivity index (χ1) is 23.8. The zero-order valence-electron chi connectivity index (χ0n) is 25.8. The van der Waals surface area contributed by atoms with Crippen molar-refractivity contribution in [3.63, 3.8) is 0 Å². The number of aromatic nitrogens is 5. The van der Waals surface area contributed by atoms with Gasteiger partial charge in [-0.25, -0.2) is 4.98 Å². The third kappa shape index (κ3) is 4.01. The SMILES string of the molecule is c1ccc(-c2nc(-c3ccccc3)nc(-n3c4ccc(-n5c6ccccc6c6ccccc65)cc4c4c5ccccc5ccc43)n2)cc1. The van der Waals surface area contributed by atoms with Crippen molar-refractivity contribution in [3.8, 4) is 34.4 Å². The first-order valence-electron chi connectivity index (χ1n) is 16.1. The number of hydrogen-bond acceptors (Lipinski definition) is 3. The summed E-state index contributed by atoms with van der Waals surface area (Å²) in [6.45, 7) is 0. The van der Waals surface area contributed by atoms with Crippen LogP contribution >= 0.6 is 0 Å². The highest BCUT2D eigenvalue weighted by Crippen LogP contribution is 2.39. The maximum atomic E-state index is 5.14. The summed E-state index contributed by atoms with van der Waals surface area (Å²) in [5, 5.41) is 7.19. The molecule has 48 heavy (non-hydrogen) atoms. The second-order valence-electron chi connectivity index (χ2n) is 12.1. The molecule has 3 aromatic heterocycles. The molecule has 0 bridgehead atoms. The standard InChI is InChI=1S/C43H27N5/c1-3-14-29(15-4-1)41-44-42(30-16-5-2-6-17-30)46-43(45-41)48-38-26-24-31(27-35(38)40-32-18-8-7-13-28(32)23-25-39(40)48)47-36-21-11-9-19-33(36)34-20-10-12-22-37(34)47/h1-27H. The van der Waals surface area contributed by atoms with Gasteiger partial charge >= 0.3 is 0 Å². The van der Waals surface area contributed by atoms with Gasteiger partial charge in [0.2, 0.25) is 5.95 Å². The monoisotopic (exact) mass is 613 g/mol. The summed E-state index contributed by atoms with van der Waals surface area (Å²) in [4.78, 5) is 15.2. The number of rotatable bonds is 4. The smallest absolute Gasteiger partial charge is 0.238 e. The predicted molar refractivity (Wildman–Crippen MR) is 197 cm³/mol. The Morgan fingerprint density at radius 3 is 1.52 bits per heavy atom. The number of hydrogen-bond donors (Lipinski definition) is 0. The van der Waals surface area contributed by atoms with Gasteiger partial charge in [-0.15, -0.1) is 0 Å². The van der Waals surface area contributed by atoms with E-state index in [-0.39, 0.29) is 0 Å². The molecule has 224 valence electrons. The minimum atomic E-state index is 0.586. The topological polar surface area (TPSA) is 48.5 Å². The lowest BCUT2D eigenvalue weighted by Crippen LogP contribution is -2.06. The normalized spacial score (nSPS) is 11.8. The van der Waals surface area contributed by atoms with Crippen LogP contribution in [0.5, 0.6) is 0 Å². The highest BCUT2D eigenvalue weighted by molar-refractivity contribution is 6.21. The quantitative estimate of drug-likeness (QED) is 0.198. The minimum absolute atomic E-state index is 0.586. The van der Waals surface area contributed by atoms with Crippen LogP contribution in [-0.4, -0.2) is 24.1 Å². The van der Waals surface area contributed by atoms with Gasteiger partial charge in [-0.1, -0.05) is 127 Å². The predicted octanol–water partition coefficient (Wildman–Crippen LogP) is 10.6. The van der Waals surface area contributed by atoms with Crippen LogP contribution in [0.4, 0.5) is 0 Å². The van der Waals surface area contributed by atoms with Crippen LogP contribution in [0.3, 0.4) is 0 Å². The lowest BCUT2D eigenvalue weighted by atomic mass is 10.0. The fourth-order valence-corrected chi connectivity index (χ4v) is 7.23. The van der Waals surface area contributed by atoms with E-state index in [4.69, 9.17) is 15.0 Å². The lowest BCUT2D eigenvalue weighted by Gasteiger charge is -2.11. The van der Waals surface area contributed by atoms with Crippen LogP contribution in [0, 0.1) is 0 Å². The van der Waals surface area contributed by atoms with E-state index in [1.165, 1.54) is 38.0 Å². The molecule has 0 N–H and O–H groups in total. The van der Waals surface area contributed by atoms with Gasteiger partial charge in [0.1, 0.15) is 0 Å². The second-order valence-corrected chi connectivity index (χ2v) is 12.1. The van der Waals surface area contributed by atoms with Crippen molar-refractivity contribution in [1.29, 1.82) is 0 Å². The van der Waals surface area contributed by atoms with Crippen LogP contribution in [0.25, 0.3) is 88.8 Å². The van der Waals surface area contributed by atoms with Crippen molar-refractivity contribution >= 4 is 54.4 Å². The molecule has 0 aliphatic heterocycles. The molecule has 7 aromatic carbocycles. The Bertz CT molecular complexity index is 2720. The Morgan fingerprint density at radius 2 is 0.875 bits per heavy atom. The second kappa shape index (κ2) is 10.5. The zero-order chi connectivity index (χ0) is 31.6. The molecule has 0 amide bonds. The highest BCUT2D eigenvalue weighted by Gasteiger charge is 2.21. The van der Waals surface area contributed by atoms with Crippen molar-refractivity contribution in [1.82, 2.24) is 24.1 Å². The van der Waals surface area contributed by atoms with E-state index in [1.807, 2.05) is 60.7 Å². The summed E-state index contributed by atoms with van der Waals surface area (Å²) in [5.41, 5.74) is 7.45. The summed E-state index contributed by atoms with van der Waals surface area (Å²) in [6.07, 6.45) is 0. The average Bonchev–Trinajstić information content (AvgIpc) is 3.68. The van der Waals surface area contributed by atoms with Crippen LogP contribution in [-0.2, 0) is 0 Å². The first kappa shape index (κ1) is 26.6. The van der Waals surface area contributed by atoms with Gasteiger partial charge in [0, 0.05) is 38.4 Å². The molecule has 0 unspecified atom stereocenters. The first-order valence-corrected chi connectivity index (χ1v) is 16.1. The average molecular weight is 614 g/mol. The summed E-state index contributed by atoms with van der Waals surface area (Å²) in [7, 11) is 0. The van der Waals surface area contributed by atoms with E-state index < -0.39 is 0 Å². The fraction of sp³-hybridized carbons (Fsp3) is 0. The number of benzene rings is 7. The Balaban J connectivity index is 1.31. The van der Waals surface area contributed by atoms with Crippen molar-refractivity contribution in [2.75, 3.05) is 0 Å². The van der Waals surface area contributed by atoms with Crippen molar-refractivity contribution < 1.29 is 0 Å². The van der Waals surface area contributed by atoms with Crippen molar-refractivity contribution in [3.05, 3.63) is 164 Å². The molecule has 5 nitrogen and oxygen atoms in total. The Hall–Kier alpha value is -6.59. The van der Waals surface area contributed by atoms with Gasteiger partial charge in [-0.3, -0.25) is 4.57 Å². The fourth-order valence-electron chi connectivity index (χ4n) is 7.23. The van der Waals surface area contributed by atoms with Gasteiger partial charge in [-0.2, -0.15) is 9.97 Å². The molecule has 0 saturated carbocycles. The van der Waals surface area contributed by atoms with Gasteiger partial charge < -0.3 is 4.57 Å². The van der Waals surface area contributed by atoms with Crippen LogP contribution in [0.15, 0.2) is 164 Å². The summed E-state index contributed by atoms with van der Waals surface area (Å²) in [5.74, 6) is 1.86. The molecule has 10 rings (SSSR count). The van der Waals surface area contributed by atoms with E-state index in [0.29, 0.717) is 17.6 Å². The zero-order valence-corrected chi connectivity index (χ0v) is 25.8. The molecule has 0 radical (unpaired) electrons. The van der Waals surface area contributed by atoms with Crippen LogP contribution in [0.2, 0.25) is 0 Å². The molecule has 5 heteroatoms. The Kier molecular flexibility index (Phi) is 5.81. The molecular weight excluding hydrogens is 587 g/mol. The lowest BCUT2D eigenvalue weighted by molar-refractivity contribution is 0.953. The highest BCUT2D eigenvalue weighted by atomic mass is 15.2. The third-order valence-electron chi connectivity index (χ3n) is 9.36. The van der Waals surface area contributed by atoms with Gasteiger partial charge in [0.05, 0.1) is 22.1 Å². The number of para-hydroxylation sites is 2. The van der Waals surface area contributed by atoms with E-state index in [9.17, 15) is 0 Å². The number of fused-ring (bicyclic) bond motifs is 8. The van der Waals surface area contributed by atoms with Crippen molar-refractivity contribution in [2.45, 2.75) is 0 Å². The van der Waals surface area contributed by atoms with Crippen LogP contribution < -0.4 is 0 Å². The molecule has 0 aliphatic carbocycles. The maximum Gasteiger partial charge on any atom is 0.238 e. The number of nitrogens with zero attached hydrogens (tertiary/aromatic N) is 5. The Morgan fingerprint density at radius 1 is 0.354 bits per heavy atom. The third-order valence-corrected chi connectivity index (χ3v) is 9.36. The molecule has 0 atom stereocenters. The molecule has 3 heterocycles. The Labute approximate surface area is 276 Å². The molecule has 0 saturated heterocycles. The molecule has 0 fully saturated rings. The molecular formula is C43H27N5. The molecule has 10 aromatic rings. The molecule has 0 aliphatic rings. The van der Waals surface area contributed by atoms with Gasteiger partial charge in [0.25, 0.3) is 0 Å². The maximum absolute atomic E-state index is 5.14. The molecule has 0 spiro atoms. The summed E-state index contributed by atoms with van der Waals surface area (Å²) >= 11 is 0. The van der Waals surface area contributed by atoms with Gasteiger partial charge in [0.15, 0.2) is 11.6 Å². The summed E-state index contributed by atoms with van der Waals surface area (Å²) in [6, 6.07) is 57.3.